The van der Waals surface area contributed by atoms with Crippen molar-refractivity contribution in [1.82, 2.24) is 19.1 Å². The fourth-order valence-corrected chi connectivity index (χ4v) is 6.19. The van der Waals surface area contributed by atoms with Crippen LogP contribution in [0.4, 0.5) is 5.95 Å². The number of aryl methyl sites for hydroxylation is 1. The molecule has 7 nitrogen and oxygen atoms in total. The highest BCUT2D eigenvalue weighted by Gasteiger charge is 2.50. The normalized spacial score (nSPS) is 33.3. The molecule has 0 spiro atoms. The number of aromatic amines is 1. The Morgan fingerprint density at radius 1 is 1.08 bits per heavy atom. The van der Waals surface area contributed by atoms with Gasteiger partial charge in [0.2, 0.25) is 5.95 Å². The molecule has 4 bridgehead atoms. The maximum absolute atomic E-state index is 12.3. The van der Waals surface area contributed by atoms with Gasteiger partial charge in [-0.05, 0) is 61.7 Å². The average molecular weight is 343 g/mol. The van der Waals surface area contributed by atoms with Crippen LogP contribution in [0.3, 0.4) is 0 Å². The molecule has 6 rings (SSSR count). The fourth-order valence-electron chi connectivity index (χ4n) is 6.19. The Kier molecular flexibility index (Phi) is 3.04. The van der Waals surface area contributed by atoms with Gasteiger partial charge in [0.1, 0.15) is 0 Å². The maximum Gasteiger partial charge on any atom is 0.332 e. The Balaban J connectivity index is 1.44. The summed E-state index contributed by atoms with van der Waals surface area (Å²) in [4.78, 5) is 31.9. The van der Waals surface area contributed by atoms with Gasteiger partial charge in [-0.1, -0.05) is 0 Å². The van der Waals surface area contributed by atoms with Gasteiger partial charge in [0.05, 0.1) is 0 Å². The quantitative estimate of drug-likeness (QED) is 0.886. The molecule has 0 amide bonds. The number of nitrogens with one attached hydrogen (secondary N) is 2. The number of nitrogens with zero attached hydrogens (tertiary/aromatic N) is 3. The van der Waals surface area contributed by atoms with Crippen LogP contribution < -0.4 is 16.6 Å². The summed E-state index contributed by atoms with van der Waals surface area (Å²) in [6.07, 6.45) is 8.28. The summed E-state index contributed by atoms with van der Waals surface area (Å²) in [5, 5.41) is 3.45. The first-order valence-corrected chi connectivity index (χ1v) is 9.34. The first kappa shape index (κ1) is 15.2. The van der Waals surface area contributed by atoms with Crippen molar-refractivity contribution in [2.45, 2.75) is 38.5 Å². The second-order valence-corrected chi connectivity index (χ2v) is 8.76. The molecule has 2 aromatic heterocycles. The molecular weight excluding hydrogens is 318 g/mol. The minimum Gasteiger partial charge on any atom is -0.355 e. The minimum absolute atomic E-state index is 0.326. The summed E-state index contributed by atoms with van der Waals surface area (Å²) in [7, 11) is 3.14. The highest BCUT2D eigenvalue weighted by Crippen LogP contribution is 2.59. The third-order valence-electron chi connectivity index (χ3n) is 6.89. The lowest BCUT2D eigenvalue weighted by molar-refractivity contribution is -0.0445. The van der Waals surface area contributed by atoms with Crippen LogP contribution in [0.1, 0.15) is 38.5 Å². The number of fused-ring (bicyclic) bond motifs is 1. The predicted octanol–water partition coefficient (Wildman–Crippen LogP) is 1.59. The monoisotopic (exact) mass is 343 g/mol. The molecule has 0 unspecified atom stereocenters. The zero-order valence-corrected chi connectivity index (χ0v) is 14.8. The van der Waals surface area contributed by atoms with Crippen molar-refractivity contribution in [1.29, 1.82) is 0 Å². The number of aromatic nitrogens is 4. The van der Waals surface area contributed by atoms with Gasteiger partial charge in [0.15, 0.2) is 11.2 Å². The second-order valence-electron chi connectivity index (χ2n) is 8.76. The largest absolute Gasteiger partial charge is 0.355 e. The molecule has 0 atom stereocenters. The van der Waals surface area contributed by atoms with E-state index in [9.17, 15) is 9.59 Å². The van der Waals surface area contributed by atoms with Crippen LogP contribution in [0.2, 0.25) is 0 Å². The van der Waals surface area contributed by atoms with E-state index in [-0.39, 0.29) is 11.2 Å². The van der Waals surface area contributed by atoms with Crippen molar-refractivity contribution in [2.24, 2.45) is 37.3 Å². The number of H-pyrrole nitrogens is 1. The van der Waals surface area contributed by atoms with Gasteiger partial charge in [0.25, 0.3) is 5.56 Å². The molecule has 4 aliphatic carbocycles. The van der Waals surface area contributed by atoms with Crippen LogP contribution in [-0.2, 0) is 14.1 Å². The topological polar surface area (TPSA) is 84.7 Å². The van der Waals surface area contributed by atoms with Gasteiger partial charge in [-0.15, -0.1) is 0 Å². The summed E-state index contributed by atoms with van der Waals surface area (Å²) in [6.45, 7) is 0.907. The number of rotatable bonds is 3. The molecule has 4 saturated carbocycles. The Labute approximate surface area is 145 Å². The number of imidazole rings is 1. The number of hydrogen-bond donors (Lipinski definition) is 2. The molecule has 134 valence electrons. The van der Waals surface area contributed by atoms with Crippen LogP contribution >= 0.6 is 0 Å². The van der Waals surface area contributed by atoms with E-state index >= 15 is 0 Å². The van der Waals surface area contributed by atoms with Crippen molar-refractivity contribution in [3.8, 4) is 0 Å². The van der Waals surface area contributed by atoms with E-state index in [0.29, 0.717) is 22.5 Å². The van der Waals surface area contributed by atoms with Crippen LogP contribution in [-0.4, -0.2) is 25.6 Å². The molecule has 7 heteroatoms. The summed E-state index contributed by atoms with van der Waals surface area (Å²) < 4.78 is 2.53. The lowest BCUT2D eigenvalue weighted by Crippen LogP contribution is -2.49. The molecule has 4 fully saturated rings. The fraction of sp³-hybridized carbons (Fsp3) is 0.722. The molecule has 2 aromatic rings. The zero-order chi connectivity index (χ0) is 17.3. The summed E-state index contributed by atoms with van der Waals surface area (Å²) in [5.41, 5.74) is 0.522. The van der Waals surface area contributed by atoms with Gasteiger partial charge in [-0.2, -0.15) is 4.98 Å². The maximum atomic E-state index is 12.3. The molecule has 0 saturated heterocycles. The first-order chi connectivity index (χ1) is 11.9. The van der Waals surface area contributed by atoms with Crippen molar-refractivity contribution >= 4 is 17.1 Å². The molecule has 4 aliphatic rings. The van der Waals surface area contributed by atoms with Gasteiger partial charge < -0.3 is 10.3 Å². The number of anilines is 1. The van der Waals surface area contributed by atoms with Crippen molar-refractivity contribution in [2.75, 3.05) is 11.9 Å². The van der Waals surface area contributed by atoms with E-state index in [2.05, 4.69) is 15.3 Å². The highest BCUT2D eigenvalue weighted by molar-refractivity contribution is 5.72. The van der Waals surface area contributed by atoms with Crippen LogP contribution in [0.5, 0.6) is 0 Å². The minimum atomic E-state index is -0.350. The molecule has 2 heterocycles. The molecular formula is C18H25N5O2. The van der Waals surface area contributed by atoms with E-state index in [0.717, 1.165) is 28.9 Å². The van der Waals surface area contributed by atoms with Crippen molar-refractivity contribution in [3.63, 3.8) is 0 Å². The molecule has 25 heavy (non-hydrogen) atoms. The third-order valence-corrected chi connectivity index (χ3v) is 6.89. The Bertz CT molecular complexity index is 931. The lowest BCUT2D eigenvalue weighted by Gasteiger charge is -2.56. The van der Waals surface area contributed by atoms with Crippen LogP contribution in [0.25, 0.3) is 11.2 Å². The molecule has 0 aliphatic heterocycles. The molecule has 0 radical (unpaired) electrons. The van der Waals surface area contributed by atoms with Gasteiger partial charge >= 0.3 is 5.69 Å². The Morgan fingerprint density at radius 3 is 2.28 bits per heavy atom. The van der Waals surface area contributed by atoms with E-state index in [1.165, 1.54) is 50.1 Å². The molecule has 0 aromatic carbocycles. The van der Waals surface area contributed by atoms with Gasteiger partial charge in [-0.25, -0.2) is 4.79 Å². The van der Waals surface area contributed by atoms with E-state index in [1.807, 2.05) is 0 Å². The smallest absolute Gasteiger partial charge is 0.332 e. The molecule has 2 N–H and O–H groups in total. The standard InChI is InChI=1S/C18H25N5O2/c1-22-14-13(15(24)23(2)17(22)25)20-16(21-14)19-9-18-6-10-3-11(7-18)5-12(4-10)8-18/h10-12H,3-9H2,1-2H3,(H2,19,20,21). The second kappa shape index (κ2) is 4.99. The zero-order valence-electron chi connectivity index (χ0n) is 14.8. The van der Waals surface area contributed by atoms with Crippen molar-refractivity contribution < 1.29 is 0 Å². The van der Waals surface area contributed by atoms with Crippen LogP contribution in [0, 0.1) is 23.2 Å². The number of hydrogen-bond acceptors (Lipinski definition) is 4. The van der Waals surface area contributed by atoms with Crippen molar-refractivity contribution in [3.05, 3.63) is 20.8 Å². The predicted molar refractivity (Wildman–Crippen MR) is 95.7 cm³/mol. The Hall–Kier alpha value is -2.05. The van der Waals surface area contributed by atoms with E-state index in [4.69, 9.17) is 0 Å². The summed E-state index contributed by atoms with van der Waals surface area (Å²) in [5.74, 6) is 3.34. The average Bonchev–Trinajstić information content (AvgIpc) is 3.00. The van der Waals surface area contributed by atoms with Gasteiger partial charge in [0, 0.05) is 20.6 Å². The van der Waals surface area contributed by atoms with Gasteiger partial charge in [-0.3, -0.25) is 13.9 Å². The first-order valence-electron chi connectivity index (χ1n) is 9.34. The SMILES string of the molecule is Cn1c(=O)c2[nH]c(NCC34CC5CC(CC(C5)C3)C4)nc2n(C)c1=O. The third kappa shape index (κ3) is 2.20. The van der Waals surface area contributed by atoms with Crippen LogP contribution in [0.15, 0.2) is 9.59 Å². The summed E-state index contributed by atoms with van der Waals surface area (Å²) in [6, 6.07) is 0. The summed E-state index contributed by atoms with van der Waals surface area (Å²) >= 11 is 0. The highest BCUT2D eigenvalue weighted by atomic mass is 16.2. The lowest BCUT2D eigenvalue weighted by atomic mass is 9.49. The van der Waals surface area contributed by atoms with E-state index < -0.39 is 0 Å². The van der Waals surface area contributed by atoms with E-state index in [1.54, 1.807) is 7.05 Å². The Morgan fingerprint density at radius 2 is 1.68 bits per heavy atom.